The normalized spacial score (nSPS) is 38.9. The number of rotatable bonds is 2. The molecule has 1 rings (SSSR count). The average molecular weight is 243 g/mol. The van der Waals surface area contributed by atoms with Crippen LogP contribution in [0.15, 0.2) is 29.1 Å². The first-order valence-electron chi connectivity index (χ1n) is 5.34. The first kappa shape index (κ1) is 13.1. The van der Waals surface area contributed by atoms with E-state index in [0.717, 1.165) is 12.1 Å². The van der Waals surface area contributed by atoms with Crippen LogP contribution in [0.3, 0.4) is 0 Å². The van der Waals surface area contributed by atoms with Crippen molar-refractivity contribution in [2.75, 3.05) is 7.11 Å². The van der Waals surface area contributed by atoms with Crippen LogP contribution in [0.25, 0.3) is 0 Å². The average Bonchev–Trinajstić information content (AvgIpc) is 2.28. The van der Waals surface area contributed by atoms with E-state index in [1.54, 1.807) is 13.4 Å². The van der Waals surface area contributed by atoms with Crippen molar-refractivity contribution in [1.29, 1.82) is 0 Å². The summed E-state index contributed by atoms with van der Waals surface area (Å²) < 4.78 is 4.93. The maximum absolute atomic E-state index is 6.27. The van der Waals surface area contributed by atoms with Gasteiger partial charge in [-0.3, -0.25) is 4.99 Å². The fourth-order valence-electron chi connectivity index (χ4n) is 1.49. The standard InChI is InChI=1S/C12H19ClN2O/c1-9-4-5-10(14)12(2,6-7-16-3)11(13)15-8-9/h5-9,11H,4,14H2,1-3H3/b7-6+,10-5-,15-8?. The summed E-state index contributed by atoms with van der Waals surface area (Å²) >= 11 is 6.27. The fourth-order valence-corrected chi connectivity index (χ4v) is 1.76. The minimum Gasteiger partial charge on any atom is -0.505 e. The Hall–Kier alpha value is -0.960. The lowest BCUT2D eigenvalue weighted by molar-refractivity contribution is 0.327. The molecular weight excluding hydrogens is 224 g/mol. The number of allylic oxidation sites excluding steroid dienone is 1. The third kappa shape index (κ3) is 2.79. The highest BCUT2D eigenvalue weighted by molar-refractivity contribution is 6.21. The molecule has 0 amide bonds. The topological polar surface area (TPSA) is 47.6 Å². The molecule has 0 aromatic heterocycles. The van der Waals surface area contributed by atoms with E-state index in [4.69, 9.17) is 22.1 Å². The van der Waals surface area contributed by atoms with Gasteiger partial charge in [-0.2, -0.15) is 0 Å². The van der Waals surface area contributed by atoms with Crippen LogP contribution in [0, 0.1) is 11.3 Å². The molecule has 3 unspecified atom stereocenters. The highest BCUT2D eigenvalue weighted by Gasteiger charge is 2.33. The van der Waals surface area contributed by atoms with Crippen molar-refractivity contribution in [3.63, 3.8) is 0 Å². The summed E-state index contributed by atoms with van der Waals surface area (Å²) in [6.45, 7) is 4.05. The van der Waals surface area contributed by atoms with E-state index in [-0.39, 0.29) is 0 Å². The summed E-state index contributed by atoms with van der Waals surface area (Å²) in [4.78, 5) is 4.33. The van der Waals surface area contributed by atoms with Gasteiger partial charge < -0.3 is 10.5 Å². The molecule has 3 atom stereocenters. The van der Waals surface area contributed by atoms with Gasteiger partial charge in [-0.15, -0.1) is 0 Å². The molecular formula is C12H19ClN2O. The van der Waals surface area contributed by atoms with Crippen LogP contribution < -0.4 is 5.73 Å². The summed E-state index contributed by atoms with van der Waals surface area (Å²) in [5, 5.41) is 0. The molecule has 0 radical (unpaired) electrons. The van der Waals surface area contributed by atoms with Crippen molar-refractivity contribution in [2.24, 2.45) is 22.1 Å². The number of aliphatic imine (C=N–C) groups is 1. The lowest BCUT2D eigenvalue weighted by atomic mass is 9.84. The molecule has 90 valence electrons. The quantitative estimate of drug-likeness (QED) is 0.460. The van der Waals surface area contributed by atoms with Gasteiger partial charge in [-0.1, -0.05) is 24.6 Å². The molecule has 0 saturated heterocycles. The van der Waals surface area contributed by atoms with Gasteiger partial charge in [0, 0.05) is 11.9 Å². The zero-order chi connectivity index (χ0) is 12.2. The molecule has 0 bridgehead atoms. The van der Waals surface area contributed by atoms with Crippen LogP contribution >= 0.6 is 11.6 Å². The number of hydrogen-bond acceptors (Lipinski definition) is 3. The molecule has 0 aromatic rings. The van der Waals surface area contributed by atoms with Crippen LogP contribution in [0.5, 0.6) is 0 Å². The second-order valence-corrected chi connectivity index (χ2v) is 4.74. The molecule has 1 aliphatic rings. The Kier molecular flexibility index (Phi) is 4.42. The summed E-state index contributed by atoms with van der Waals surface area (Å²) in [7, 11) is 1.59. The van der Waals surface area contributed by atoms with Crippen LogP contribution in [-0.2, 0) is 4.74 Å². The Morgan fingerprint density at radius 1 is 1.69 bits per heavy atom. The Labute approximate surface area is 102 Å². The largest absolute Gasteiger partial charge is 0.505 e. The van der Waals surface area contributed by atoms with Crippen LogP contribution in [0.2, 0.25) is 0 Å². The second-order valence-electron chi connectivity index (χ2n) is 4.33. The van der Waals surface area contributed by atoms with Gasteiger partial charge in [0.1, 0.15) is 5.50 Å². The van der Waals surface area contributed by atoms with E-state index in [0.29, 0.717) is 5.92 Å². The maximum Gasteiger partial charge on any atom is 0.137 e. The predicted molar refractivity (Wildman–Crippen MR) is 68.4 cm³/mol. The van der Waals surface area contributed by atoms with Gasteiger partial charge in [0.2, 0.25) is 0 Å². The molecule has 0 fully saturated rings. The van der Waals surface area contributed by atoms with E-state index in [9.17, 15) is 0 Å². The van der Waals surface area contributed by atoms with Crippen LogP contribution in [0.1, 0.15) is 20.3 Å². The number of nitrogens with zero attached hydrogens (tertiary/aromatic N) is 1. The molecule has 0 aromatic carbocycles. The van der Waals surface area contributed by atoms with Gasteiger partial charge in [-0.25, -0.2) is 0 Å². The van der Waals surface area contributed by atoms with E-state index in [2.05, 4.69) is 11.9 Å². The SMILES string of the molecule is CO/C=C/C1(C)/C(N)=C/CC(C)C=NC1Cl. The zero-order valence-corrected chi connectivity index (χ0v) is 10.7. The summed E-state index contributed by atoms with van der Waals surface area (Å²) in [5.41, 5.74) is 5.92. The molecule has 3 nitrogen and oxygen atoms in total. The van der Waals surface area contributed by atoms with E-state index < -0.39 is 10.9 Å². The smallest absolute Gasteiger partial charge is 0.137 e. The van der Waals surface area contributed by atoms with Crippen molar-refractivity contribution < 1.29 is 4.74 Å². The van der Waals surface area contributed by atoms with Gasteiger partial charge in [0.25, 0.3) is 0 Å². The monoisotopic (exact) mass is 242 g/mol. The number of alkyl halides is 1. The third-order valence-electron chi connectivity index (χ3n) is 2.85. The highest BCUT2D eigenvalue weighted by atomic mass is 35.5. The minimum absolute atomic E-state index is 0.371. The number of nitrogens with two attached hydrogens (primary N) is 1. The molecule has 1 aliphatic heterocycles. The van der Waals surface area contributed by atoms with Crippen molar-refractivity contribution in [2.45, 2.75) is 25.8 Å². The van der Waals surface area contributed by atoms with E-state index in [1.165, 1.54) is 0 Å². The number of ether oxygens (including phenoxy) is 1. The van der Waals surface area contributed by atoms with E-state index >= 15 is 0 Å². The molecule has 16 heavy (non-hydrogen) atoms. The number of methoxy groups -OCH3 is 1. The minimum atomic E-state index is -0.492. The predicted octanol–water partition coefficient (Wildman–Crippen LogP) is 2.67. The Morgan fingerprint density at radius 2 is 2.38 bits per heavy atom. The molecule has 1 heterocycles. The summed E-state index contributed by atoms with van der Waals surface area (Å²) in [5.74, 6) is 0.371. The maximum atomic E-state index is 6.27. The molecule has 0 spiro atoms. The van der Waals surface area contributed by atoms with Crippen molar-refractivity contribution >= 4 is 17.8 Å². The van der Waals surface area contributed by atoms with Crippen molar-refractivity contribution in [1.82, 2.24) is 0 Å². The van der Waals surface area contributed by atoms with Crippen LogP contribution in [0.4, 0.5) is 0 Å². The van der Waals surface area contributed by atoms with Crippen molar-refractivity contribution in [3.05, 3.63) is 24.1 Å². The highest BCUT2D eigenvalue weighted by Crippen LogP contribution is 2.35. The lowest BCUT2D eigenvalue weighted by Crippen LogP contribution is -2.32. The van der Waals surface area contributed by atoms with Gasteiger partial charge in [0.15, 0.2) is 0 Å². The molecule has 0 aliphatic carbocycles. The van der Waals surface area contributed by atoms with Crippen molar-refractivity contribution in [3.8, 4) is 0 Å². The van der Waals surface area contributed by atoms with Gasteiger partial charge >= 0.3 is 0 Å². The first-order chi connectivity index (χ1) is 7.50. The molecule has 0 saturated carbocycles. The fraction of sp³-hybridized carbons (Fsp3) is 0.583. The molecule has 4 heteroatoms. The Balaban J connectivity index is 3.03. The summed E-state index contributed by atoms with van der Waals surface area (Å²) in [6.07, 6.45) is 8.24. The molecule has 2 N–H and O–H groups in total. The van der Waals surface area contributed by atoms with E-state index in [1.807, 2.05) is 25.3 Å². The lowest BCUT2D eigenvalue weighted by Gasteiger charge is -2.30. The summed E-state index contributed by atoms with van der Waals surface area (Å²) in [6, 6.07) is 0. The third-order valence-corrected chi connectivity index (χ3v) is 3.41. The second kappa shape index (κ2) is 5.39. The first-order valence-corrected chi connectivity index (χ1v) is 5.78. The van der Waals surface area contributed by atoms with Gasteiger partial charge in [-0.05, 0) is 25.3 Å². The van der Waals surface area contributed by atoms with Gasteiger partial charge in [0.05, 0.1) is 18.8 Å². The Morgan fingerprint density at radius 3 is 3.00 bits per heavy atom. The Bertz CT molecular complexity index is 325. The van der Waals surface area contributed by atoms with Crippen LogP contribution in [-0.4, -0.2) is 18.8 Å². The zero-order valence-electron chi connectivity index (χ0n) is 9.98. The number of hydrogen-bond donors (Lipinski definition) is 1. The number of halogens is 1.